The molecule has 0 radical (unpaired) electrons. The Morgan fingerprint density at radius 2 is 1.88 bits per heavy atom. The Hall–Kier alpha value is -1.89. The minimum absolute atomic E-state index is 0.0308. The van der Waals surface area contributed by atoms with Crippen molar-refractivity contribution in [2.24, 2.45) is 0 Å². The lowest BCUT2D eigenvalue weighted by Gasteiger charge is -2.24. The van der Waals surface area contributed by atoms with Gasteiger partial charge in [0.2, 0.25) is 0 Å². The fraction of sp³-hybridized carbons (Fsp3) is 0.500. The molecular formula is C18H28N4O2. The number of imidazole rings is 1. The molecule has 6 nitrogen and oxygen atoms in total. The van der Waals surface area contributed by atoms with E-state index in [1.54, 1.807) is 6.33 Å². The summed E-state index contributed by atoms with van der Waals surface area (Å²) >= 11 is 0. The minimum Gasteiger partial charge on any atom is -0.491 e. The van der Waals surface area contributed by atoms with E-state index < -0.39 is 0 Å². The van der Waals surface area contributed by atoms with Gasteiger partial charge in [-0.2, -0.15) is 0 Å². The number of ether oxygens (including phenoxy) is 1. The number of benzene rings is 1. The smallest absolute Gasteiger partial charge is 0.119 e. The summed E-state index contributed by atoms with van der Waals surface area (Å²) in [5.41, 5.74) is 3.45. The van der Waals surface area contributed by atoms with Crippen molar-refractivity contribution in [2.45, 2.75) is 20.0 Å². The molecule has 0 fully saturated rings. The van der Waals surface area contributed by atoms with Crippen LogP contribution in [0, 0.1) is 6.92 Å². The fourth-order valence-electron chi connectivity index (χ4n) is 2.43. The number of aryl methyl sites for hydroxylation is 1. The quantitative estimate of drug-likeness (QED) is 0.693. The minimum atomic E-state index is 0.0308. The fourth-order valence-corrected chi connectivity index (χ4v) is 2.43. The van der Waals surface area contributed by atoms with Gasteiger partial charge in [0.15, 0.2) is 0 Å². The maximum Gasteiger partial charge on any atom is 0.119 e. The second-order valence-electron chi connectivity index (χ2n) is 6.20. The van der Waals surface area contributed by atoms with Crippen molar-refractivity contribution < 1.29 is 9.84 Å². The Bertz CT molecular complexity index is 595. The zero-order valence-corrected chi connectivity index (χ0v) is 14.8. The third-order valence-electron chi connectivity index (χ3n) is 3.86. The lowest BCUT2D eigenvalue weighted by molar-refractivity contribution is 0.201. The third-order valence-corrected chi connectivity index (χ3v) is 3.86. The molecule has 2 N–H and O–H groups in total. The molecule has 0 saturated carbocycles. The van der Waals surface area contributed by atoms with Crippen molar-refractivity contribution in [3.05, 3.63) is 47.5 Å². The van der Waals surface area contributed by atoms with Crippen LogP contribution in [0.25, 0.3) is 0 Å². The number of nitrogens with one attached hydrogen (secondary N) is 1. The first kappa shape index (κ1) is 18.4. The summed E-state index contributed by atoms with van der Waals surface area (Å²) in [5.74, 6) is 0.788. The summed E-state index contributed by atoms with van der Waals surface area (Å²) in [5, 5.41) is 8.81. The molecule has 6 heteroatoms. The predicted octanol–water partition coefficient (Wildman–Crippen LogP) is 1.65. The van der Waals surface area contributed by atoms with Crippen molar-refractivity contribution in [3.8, 4) is 5.75 Å². The summed E-state index contributed by atoms with van der Waals surface area (Å²) in [6.07, 6.45) is 1.75. The highest BCUT2D eigenvalue weighted by molar-refractivity contribution is 5.27. The second kappa shape index (κ2) is 9.42. The monoisotopic (exact) mass is 332 g/mol. The number of aliphatic hydroxyl groups excluding tert-OH is 1. The van der Waals surface area contributed by atoms with Gasteiger partial charge in [0.1, 0.15) is 12.4 Å². The van der Waals surface area contributed by atoms with E-state index in [0.29, 0.717) is 6.61 Å². The first-order chi connectivity index (χ1) is 11.6. The molecule has 0 aliphatic heterocycles. The SMILES string of the molecule is Cc1[nH]cnc1CN(CCN(C)C)Cc1ccc(OCCO)cc1. The number of likely N-dealkylation sites (N-methyl/N-ethyl adjacent to an activating group) is 1. The van der Waals surface area contributed by atoms with E-state index >= 15 is 0 Å². The average molecular weight is 332 g/mol. The zero-order chi connectivity index (χ0) is 17.4. The number of H-pyrrole nitrogens is 1. The van der Waals surface area contributed by atoms with Gasteiger partial charge in [-0.05, 0) is 38.7 Å². The van der Waals surface area contributed by atoms with Gasteiger partial charge >= 0.3 is 0 Å². The summed E-state index contributed by atoms with van der Waals surface area (Å²) in [6, 6.07) is 8.06. The first-order valence-electron chi connectivity index (χ1n) is 8.27. The standard InChI is InChI=1S/C18H28N4O2/c1-15-18(20-14-19-15)13-22(9-8-21(2)3)12-16-4-6-17(7-5-16)24-11-10-23/h4-7,14,23H,8-13H2,1-3H3,(H,19,20). The van der Waals surface area contributed by atoms with Gasteiger partial charge in [-0.1, -0.05) is 12.1 Å². The van der Waals surface area contributed by atoms with Crippen LogP contribution >= 0.6 is 0 Å². The van der Waals surface area contributed by atoms with Crippen molar-refractivity contribution >= 4 is 0 Å². The topological polar surface area (TPSA) is 64.6 Å². The molecule has 0 aliphatic rings. The van der Waals surface area contributed by atoms with Gasteiger partial charge in [0.05, 0.1) is 18.6 Å². The van der Waals surface area contributed by atoms with E-state index in [1.165, 1.54) is 5.56 Å². The maximum absolute atomic E-state index is 8.81. The van der Waals surface area contributed by atoms with Crippen LogP contribution in [0.15, 0.2) is 30.6 Å². The lowest BCUT2D eigenvalue weighted by atomic mass is 10.2. The van der Waals surface area contributed by atoms with E-state index in [2.05, 4.69) is 52.9 Å². The highest BCUT2D eigenvalue weighted by Crippen LogP contribution is 2.15. The van der Waals surface area contributed by atoms with E-state index in [1.807, 2.05) is 12.1 Å². The normalized spacial score (nSPS) is 11.4. The molecule has 0 saturated heterocycles. The molecular weight excluding hydrogens is 304 g/mol. The van der Waals surface area contributed by atoms with Crippen molar-refractivity contribution in [1.29, 1.82) is 0 Å². The lowest BCUT2D eigenvalue weighted by Crippen LogP contribution is -2.31. The summed E-state index contributed by atoms with van der Waals surface area (Å²) in [6.45, 7) is 6.07. The number of aromatic nitrogens is 2. The van der Waals surface area contributed by atoms with Crippen LogP contribution in [0.2, 0.25) is 0 Å². The molecule has 1 aromatic heterocycles. The molecule has 0 spiro atoms. The van der Waals surface area contributed by atoms with E-state index in [0.717, 1.165) is 43.3 Å². The van der Waals surface area contributed by atoms with Crippen molar-refractivity contribution in [3.63, 3.8) is 0 Å². The average Bonchev–Trinajstić information content (AvgIpc) is 2.97. The van der Waals surface area contributed by atoms with Crippen LogP contribution in [-0.4, -0.2) is 65.3 Å². The van der Waals surface area contributed by atoms with E-state index in [-0.39, 0.29) is 6.61 Å². The van der Waals surface area contributed by atoms with Gasteiger partial charge in [-0.25, -0.2) is 4.98 Å². The van der Waals surface area contributed by atoms with Gasteiger partial charge < -0.3 is 19.7 Å². The predicted molar refractivity (Wildman–Crippen MR) is 95.0 cm³/mol. The first-order valence-corrected chi connectivity index (χ1v) is 8.27. The molecule has 0 unspecified atom stereocenters. The summed E-state index contributed by atoms with van der Waals surface area (Å²) in [4.78, 5) is 12.1. The Kier molecular flexibility index (Phi) is 7.24. The molecule has 2 aromatic rings. The summed E-state index contributed by atoms with van der Waals surface area (Å²) in [7, 11) is 4.18. The number of rotatable bonds is 10. The van der Waals surface area contributed by atoms with Gasteiger partial charge in [0, 0.05) is 31.9 Å². The number of aromatic amines is 1. The molecule has 1 aromatic carbocycles. The molecule has 0 amide bonds. The van der Waals surface area contributed by atoms with E-state index in [9.17, 15) is 0 Å². The molecule has 0 atom stereocenters. The van der Waals surface area contributed by atoms with Crippen LogP contribution in [0.4, 0.5) is 0 Å². The Morgan fingerprint density at radius 3 is 2.46 bits per heavy atom. The van der Waals surface area contributed by atoms with Crippen LogP contribution in [0.5, 0.6) is 5.75 Å². The summed E-state index contributed by atoms with van der Waals surface area (Å²) < 4.78 is 5.41. The van der Waals surface area contributed by atoms with Gasteiger partial charge in [-0.15, -0.1) is 0 Å². The van der Waals surface area contributed by atoms with Gasteiger partial charge in [0.25, 0.3) is 0 Å². The highest BCUT2D eigenvalue weighted by Gasteiger charge is 2.11. The Balaban J connectivity index is 1.99. The number of hydrogen-bond acceptors (Lipinski definition) is 5. The van der Waals surface area contributed by atoms with Crippen LogP contribution < -0.4 is 4.74 Å². The maximum atomic E-state index is 8.81. The number of nitrogens with zero attached hydrogens (tertiary/aromatic N) is 3. The van der Waals surface area contributed by atoms with Gasteiger partial charge in [-0.3, -0.25) is 4.90 Å². The molecule has 24 heavy (non-hydrogen) atoms. The Labute approximate surface area is 144 Å². The van der Waals surface area contributed by atoms with Crippen LogP contribution in [0.1, 0.15) is 17.0 Å². The van der Waals surface area contributed by atoms with Crippen molar-refractivity contribution in [1.82, 2.24) is 19.8 Å². The van der Waals surface area contributed by atoms with Crippen LogP contribution in [0.3, 0.4) is 0 Å². The third kappa shape index (κ3) is 5.96. The second-order valence-corrected chi connectivity index (χ2v) is 6.20. The molecule has 132 valence electrons. The van der Waals surface area contributed by atoms with E-state index in [4.69, 9.17) is 9.84 Å². The molecule has 1 heterocycles. The van der Waals surface area contributed by atoms with Crippen molar-refractivity contribution in [2.75, 3.05) is 40.4 Å². The number of aliphatic hydroxyl groups is 1. The number of hydrogen-bond donors (Lipinski definition) is 2. The molecule has 0 aliphatic carbocycles. The zero-order valence-electron chi connectivity index (χ0n) is 14.8. The molecule has 2 rings (SSSR count). The Morgan fingerprint density at radius 1 is 1.12 bits per heavy atom. The van der Waals surface area contributed by atoms with Crippen LogP contribution in [-0.2, 0) is 13.1 Å². The molecule has 0 bridgehead atoms. The highest BCUT2D eigenvalue weighted by atomic mass is 16.5. The largest absolute Gasteiger partial charge is 0.491 e.